The number of hydrogen-bond acceptors (Lipinski definition) is 3. The van der Waals surface area contributed by atoms with Crippen molar-refractivity contribution in [1.82, 2.24) is 0 Å². The zero-order valence-corrected chi connectivity index (χ0v) is 10.7. The predicted molar refractivity (Wildman–Crippen MR) is 71.5 cm³/mol. The lowest BCUT2D eigenvalue weighted by Gasteiger charge is -2.26. The fourth-order valence-corrected chi connectivity index (χ4v) is 2.95. The van der Waals surface area contributed by atoms with E-state index in [9.17, 15) is 15.3 Å². The van der Waals surface area contributed by atoms with Crippen molar-refractivity contribution in [3.05, 3.63) is 28.8 Å². The molecule has 4 heteroatoms. The monoisotopic (exact) mass is 243 g/mol. The van der Waals surface area contributed by atoms with Crippen LogP contribution in [0, 0.1) is 18.3 Å². The van der Waals surface area contributed by atoms with Crippen LogP contribution in [0.1, 0.15) is 54.7 Å². The summed E-state index contributed by atoms with van der Waals surface area (Å²) in [4.78, 5) is 0. The molecule has 0 bridgehead atoms. The summed E-state index contributed by atoms with van der Waals surface area (Å²) in [5.74, 6) is 0.296. The number of aryl methyl sites for hydroxylation is 1. The standard InChI is InChI=1S/C14H18BNO2/c1-10-7-8-13(15(17)18)14(12(10)9-16)11-5-3-2-4-6-11/h7-8,11,17-18H,2-6H2,1H3. The first-order valence-corrected chi connectivity index (χ1v) is 6.54. The minimum absolute atomic E-state index is 0.296. The van der Waals surface area contributed by atoms with Crippen molar-refractivity contribution < 1.29 is 10.0 Å². The summed E-state index contributed by atoms with van der Waals surface area (Å²) in [5, 5.41) is 28.3. The third-order valence-corrected chi connectivity index (χ3v) is 3.89. The highest BCUT2D eigenvalue weighted by atomic mass is 16.4. The van der Waals surface area contributed by atoms with E-state index in [-0.39, 0.29) is 0 Å². The Hall–Kier alpha value is -1.31. The van der Waals surface area contributed by atoms with E-state index in [1.54, 1.807) is 12.1 Å². The molecule has 0 spiro atoms. The normalized spacial score (nSPS) is 16.3. The van der Waals surface area contributed by atoms with E-state index in [0.717, 1.165) is 36.8 Å². The second kappa shape index (κ2) is 5.56. The highest BCUT2D eigenvalue weighted by molar-refractivity contribution is 6.59. The predicted octanol–water partition coefficient (Wildman–Crippen LogP) is 1.59. The summed E-state index contributed by atoms with van der Waals surface area (Å²) in [6.45, 7) is 1.90. The number of hydrogen-bond donors (Lipinski definition) is 2. The molecule has 2 rings (SSSR count). The third-order valence-electron chi connectivity index (χ3n) is 3.89. The fourth-order valence-electron chi connectivity index (χ4n) is 2.95. The van der Waals surface area contributed by atoms with Crippen LogP contribution in [0.25, 0.3) is 0 Å². The number of rotatable bonds is 2. The van der Waals surface area contributed by atoms with Gasteiger partial charge >= 0.3 is 7.12 Å². The quantitative estimate of drug-likeness (QED) is 0.775. The van der Waals surface area contributed by atoms with E-state index in [1.807, 2.05) is 6.92 Å². The van der Waals surface area contributed by atoms with E-state index in [1.165, 1.54) is 6.42 Å². The van der Waals surface area contributed by atoms with Crippen LogP contribution in [0.4, 0.5) is 0 Å². The van der Waals surface area contributed by atoms with Gasteiger partial charge in [-0.3, -0.25) is 0 Å². The first-order chi connectivity index (χ1) is 8.65. The maximum absolute atomic E-state index is 9.49. The maximum Gasteiger partial charge on any atom is 0.488 e. The molecule has 1 aliphatic carbocycles. The Kier molecular flexibility index (Phi) is 4.06. The summed E-state index contributed by atoms with van der Waals surface area (Å²) in [5.41, 5.74) is 2.92. The van der Waals surface area contributed by atoms with Gasteiger partial charge in [0.2, 0.25) is 0 Å². The molecule has 0 heterocycles. The molecular weight excluding hydrogens is 225 g/mol. The van der Waals surface area contributed by atoms with Gasteiger partial charge in [-0.05, 0) is 42.3 Å². The molecule has 2 N–H and O–H groups in total. The van der Waals surface area contributed by atoms with Crippen molar-refractivity contribution in [3.8, 4) is 6.07 Å². The molecule has 0 saturated heterocycles. The van der Waals surface area contributed by atoms with Gasteiger partial charge in [0, 0.05) is 0 Å². The van der Waals surface area contributed by atoms with Gasteiger partial charge in [-0.2, -0.15) is 5.26 Å². The number of benzene rings is 1. The molecule has 0 unspecified atom stereocenters. The van der Waals surface area contributed by atoms with Crippen molar-refractivity contribution >= 4 is 12.6 Å². The van der Waals surface area contributed by atoms with Gasteiger partial charge in [-0.25, -0.2) is 0 Å². The van der Waals surface area contributed by atoms with Gasteiger partial charge in [0.15, 0.2) is 0 Å². The molecule has 3 nitrogen and oxygen atoms in total. The average molecular weight is 243 g/mol. The lowest BCUT2D eigenvalue weighted by molar-refractivity contribution is 0.420. The van der Waals surface area contributed by atoms with Gasteiger partial charge in [0.25, 0.3) is 0 Å². The van der Waals surface area contributed by atoms with E-state index >= 15 is 0 Å². The highest BCUT2D eigenvalue weighted by Gasteiger charge is 2.27. The SMILES string of the molecule is Cc1ccc(B(O)O)c(C2CCCCC2)c1C#N. The van der Waals surface area contributed by atoms with Crippen LogP contribution >= 0.6 is 0 Å². The summed E-state index contributed by atoms with van der Waals surface area (Å²) in [6, 6.07) is 5.77. The zero-order chi connectivity index (χ0) is 13.1. The topological polar surface area (TPSA) is 64.2 Å². The summed E-state index contributed by atoms with van der Waals surface area (Å²) >= 11 is 0. The van der Waals surface area contributed by atoms with Crippen LogP contribution in [-0.2, 0) is 0 Å². The summed E-state index contributed by atoms with van der Waals surface area (Å²) in [6.07, 6.45) is 5.63. The van der Waals surface area contributed by atoms with E-state index in [2.05, 4.69) is 6.07 Å². The van der Waals surface area contributed by atoms with Crippen LogP contribution in [0.15, 0.2) is 12.1 Å². The Bertz CT molecular complexity index is 473. The van der Waals surface area contributed by atoms with Crippen molar-refractivity contribution in [1.29, 1.82) is 5.26 Å². The van der Waals surface area contributed by atoms with Crippen molar-refractivity contribution in [2.24, 2.45) is 0 Å². The van der Waals surface area contributed by atoms with Crippen LogP contribution in [0.3, 0.4) is 0 Å². The minimum atomic E-state index is -1.49. The molecule has 1 aliphatic rings. The zero-order valence-electron chi connectivity index (χ0n) is 10.7. The maximum atomic E-state index is 9.49. The molecule has 0 aromatic heterocycles. The molecule has 94 valence electrons. The molecule has 1 fully saturated rings. The molecule has 0 atom stereocenters. The summed E-state index contributed by atoms with van der Waals surface area (Å²) in [7, 11) is -1.49. The van der Waals surface area contributed by atoms with Crippen molar-refractivity contribution in [2.45, 2.75) is 44.9 Å². The second-order valence-corrected chi connectivity index (χ2v) is 5.08. The molecule has 18 heavy (non-hydrogen) atoms. The van der Waals surface area contributed by atoms with Crippen LogP contribution in [-0.4, -0.2) is 17.2 Å². The first-order valence-electron chi connectivity index (χ1n) is 6.54. The molecular formula is C14H18BNO2. The molecule has 1 saturated carbocycles. The Labute approximate surface area is 108 Å². The lowest BCUT2D eigenvalue weighted by Crippen LogP contribution is -2.35. The lowest BCUT2D eigenvalue weighted by atomic mass is 9.69. The van der Waals surface area contributed by atoms with Crippen LogP contribution in [0.5, 0.6) is 0 Å². The second-order valence-electron chi connectivity index (χ2n) is 5.08. The van der Waals surface area contributed by atoms with Gasteiger partial charge in [-0.1, -0.05) is 31.4 Å². The Balaban J connectivity index is 2.53. The Morgan fingerprint density at radius 2 is 1.89 bits per heavy atom. The number of nitrogens with zero attached hydrogens (tertiary/aromatic N) is 1. The molecule has 1 aromatic rings. The average Bonchev–Trinajstić information content (AvgIpc) is 2.39. The Morgan fingerprint density at radius 3 is 2.44 bits per heavy atom. The van der Waals surface area contributed by atoms with Crippen molar-refractivity contribution in [3.63, 3.8) is 0 Å². The van der Waals surface area contributed by atoms with Crippen LogP contribution in [0.2, 0.25) is 0 Å². The van der Waals surface area contributed by atoms with Gasteiger partial charge in [-0.15, -0.1) is 0 Å². The largest absolute Gasteiger partial charge is 0.488 e. The molecule has 1 aromatic carbocycles. The Morgan fingerprint density at radius 1 is 1.22 bits per heavy atom. The van der Waals surface area contributed by atoms with E-state index in [4.69, 9.17) is 0 Å². The van der Waals surface area contributed by atoms with Gasteiger partial charge in [0.1, 0.15) is 0 Å². The van der Waals surface area contributed by atoms with Gasteiger partial charge < -0.3 is 10.0 Å². The smallest absolute Gasteiger partial charge is 0.423 e. The minimum Gasteiger partial charge on any atom is -0.423 e. The number of nitriles is 1. The fraction of sp³-hybridized carbons (Fsp3) is 0.500. The van der Waals surface area contributed by atoms with Crippen LogP contribution < -0.4 is 5.46 Å². The molecule has 0 amide bonds. The molecule has 0 radical (unpaired) electrons. The van der Waals surface area contributed by atoms with E-state index in [0.29, 0.717) is 16.9 Å². The first kappa shape index (κ1) is 13.1. The third kappa shape index (κ3) is 2.43. The highest BCUT2D eigenvalue weighted by Crippen LogP contribution is 2.34. The molecule has 0 aliphatic heterocycles. The summed E-state index contributed by atoms with van der Waals surface area (Å²) < 4.78 is 0. The van der Waals surface area contributed by atoms with Gasteiger partial charge in [0.05, 0.1) is 11.6 Å². The van der Waals surface area contributed by atoms with Crippen molar-refractivity contribution in [2.75, 3.05) is 0 Å². The van der Waals surface area contributed by atoms with E-state index < -0.39 is 7.12 Å².